The molecule has 0 spiro atoms. The first-order valence-corrected chi connectivity index (χ1v) is 8.77. The van der Waals surface area contributed by atoms with Crippen LogP contribution in [0.4, 0.5) is 0 Å². The Morgan fingerprint density at radius 2 is 1.58 bits per heavy atom. The van der Waals surface area contributed by atoms with E-state index >= 15 is 0 Å². The van der Waals surface area contributed by atoms with Gasteiger partial charge in [-0.15, -0.1) is 0 Å². The molecule has 1 N–H and O–H groups in total. The van der Waals surface area contributed by atoms with Crippen LogP contribution < -0.4 is 0 Å². The van der Waals surface area contributed by atoms with Crippen LogP contribution in [-0.2, 0) is 14.4 Å². The first-order valence-electron chi connectivity index (χ1n) is 8.77. The summed E-state index contributed by atoms with van der Waals surface area (Å²) in [5.41, 5.74) is 0. The van der Waals surface area contributed by atoms with Gasteiger partial charge < -0.3 is 5.11 Å². The first kappa shape index (κ1) is 20.7. The predicted molar refractivity (Wildman–Crippen MR) is 92.1 cm³/mol. The standard InChI is InChI=1S/C17H31N3O4/c1-4-15-11-19(10-14(3)21)7-6-18(13-17(23)24)8-9-20(15)12-16(22)5-2/h15H,4-13H2,1-3H3,(H,23,24). The van der Waals surface area contributed by atoms with Gasteiger partial charge in [-0.25, -0.2) is 0 Å². The molecule has 1 rings (SSSR count). The van der Waals surface area contributed by atoms with E-state index in [1.165, 1.54) is 0 Å². The van der Waals surface area contributed by atoms with Crippen molar-refractivity contribution in [1.82, 2.24) is 14.7 Å². The Hall–Kier alpha value is -1.31. The molecule has 0 aromatic heterocycles. The molecule has 138 valence electrons. The Morgan fingerprint density at radius 3 is 2.12 bits per heavy atom. The second kappa shape index (κ2) is 10.5. The molecular weight excluding hydrogens is 310 g/mol. The van der Waals surface area contributed by atoms with Gasteiger partial charge in [-0.3, -0.25) is 29.1 Å². The number of Topliss-reactive ketones (excluding diaryl/α,β-unsaturated/α-hetero) is 2. The average Bonchev–Trinajstić information content (AvgIpc) is 2.58. The maximum absolute atomic E-state index is 11.9. The van der Waals surface area contributed by atoms with Crippen molar-refractivity contribution < 1.29 is 19.5 Å². The van der Waals surface area contributed by atoms with Gasteiger partial charge in [0.2, 0.25) is 0 Å². The lowest BCUT2D eigenvalue weighted by Gasteiger charge is -2.33. The smallest absolute Gasteiger partial charge is 0.317 e. The van der Waals surface area contributed by atoms with Crippen LogP contribution in [0.5, 0.6) is 0 Å². The number of carbonyl (C=O) groups is 3. The minimum Gasteiger partial charge on any atom is -0.480 e. The quantitative estimate of drug-likeness (QED) is 0.682. The minimum atomic E-state index is -0.851. The number of hydrogen-bond acceptors (Lipinski definition) is 6. The van der Waals surface area contributed by atoms with Crippen LogP contribution in [-0.4, -0.2) is 95.7 Å². The molecule has 0 aromatic rings. The number of hydrogen-bond donors (Lipinski definition) is 1. The third kappa shape index (κ3) is 7.51. The van der Waals surface area contributed by atoms with Crippen LogP contribution >= 0.6 is 0 Å². The predicted octanol–water partition coefficient (Wildman–Crippen LogP) is 0.337. The Morgan fingerprint density at radius 1 is 0.958 bits per heavy atom. The van der Waals surface area contributed by atoms with Crippen LogP contribution in [0.2, 0.25) is 0 Å². The van der Waals surface area contributed by atoms with E-state index in [-0.39, 0.29) is 24.2 Å². The van der Waals surface area contributed by atoms with Crippen LogP contribution in [0, 0.1) is 0 Å². The third-order valence-corrected chi connectivity index (χ3v) is 4.47. The fourth-order valence-corrected chi connectivity index (χ4v) is 3.09. The van der Waals surface area contributed by atoms with Gasteiger partial charge in [-0.1, -0.05) is 13.8 Å². The van der Waals surface area contributed by atoms with E-state index in [0.29, 0.717) is 45.7 Å². The monoisotopic (exact) mass is 341 g/mol. The van der Waals surface area contributed by atoms with Crippen molar-refractivity contribution >= 4 is 17.5 Å². The Bertz CT molecular complexity index is 442. The van der Waals surface area contributed by atoms with Crippen molar-refractivity contribution in [2.24, 2.45) is 0 Å². The number of carboxylic acid groups (broad SMARTS) is 1. The molecule has 0 bridgehead atoms. The zero-order valence-electron chi connectivity index (χ0n) is 15.2. The van der Waals surface area contributed by atoms with Crippen LogP contribution in [0.1, 0.15) is 33.6 Å². The summed E-state index contributed by atoms with van der Waals surface area (Å²) in [6, 6.07) is 0.199. The van der Waals surface area contributed by atoms with Crippen molar-refractivity contribution in [3.63, 3.8) is 0 Å². The summed E-state index contributed by atoms with van der Waals surface area (Å²) < 4.78 is 0. The lowest BCUT2D eigenvalue weighted by molar-refractivity contribution is -0.138. The molecule has 1 saturated heterocycles. The lowest BCUT2D eigenvalue weighted by atomic mass is 10.1. The second-order valence-electron chi connectivity index (χ2n) is 6.53. The Balaban J connectivity index is 2.91. The van der Waals surface area contributed by atoms with E-state index in [9.17, 15) is 14.4 Å². The topological polar surface area (TPSA) is 81.2 Å². The van der Waals surface area contributed by atoms with E-state index in [2.05, 4.69) is 16.7 Å². The molecule has 24 heavy (non-hydrogen) atoms. The third-order valence-electron chi connectivity index (χ3n) is 4.47. The van der Waals surface area contributed by atoms with E-state index in [1.54, 1.807) is 6.92 Å². The van der Waals surface area contributed by atoms with Gasteiger partial charge >= 0.3 is 5.97 Å². The van der Waals surface area contributed by atoms with E-state index in [0.717, 1.165) is 13.0 Å². The molecule has 7 heteroatoms. The van der Waals surface area contributed by atoms with Crippen molar-refractivity contribution in [2.75, 3.05) is 52.4 Å². The van der Waals surface area contributed by atoms with Gasteiger partial charge in [0, 0.05) is 45.2 Å². The summed E-state index contributed by atoms with van der Waals surface area (Å²) in [6.07, 6.45) is 1.40. The Kier molecular flexibility index (Phi) is 9.10. The summed E-state index contributed by atoms with van der Waals surface area (Å²) >= 11 is 0. The first-order chi connectivity index (χ1) is 11.3. The van der Waals surface area contributed by atoms with E-state index in [1.807, 2.05) is 11.8 Å². The molecule has 0 saturated carbocycles. The van der Waals surface area contributed by atoms with E-state index in [4.69, 9.17) is 5.11 Å². The molecule has 0 radical (unpaired) electrons. The number of nitrogens with zero attached hydrogens (tertiary/aromatic N) is 3. The summed E-state index contributed by atoms with van der Waals surface area (Å²) in [4.78, 5) is 40.6. The lowest BCUT2D eigenvalue weighted by Crippen LogP contribution is -2.47. The largest absolute Gasteiger partial charge is 0.480 e. The normalized spacial score (nSPS) is 21.7. The molecular formula is C17H31N3O4. The number of carbonyl (C=O) groups excluding carboxylic acids is 2. The highest BCUT2D eigenvalue weighted by atomic mass is 16.4. The fraction of sp³-hybridized carbons (Fsp3) is 0.824. The summed E-state index contributed by atoms with van der Waals surface area (Å²) in [7, 11) is 0. The second-order valence-corrected chi connectivity index (χ2v) is 6.53. The van der Waals surface area contributed by atoms with E-state index < -0.39 is 5.97 Å². The van der Waals surface area contributed by atoms with Crippen LogP contribution in [0.3, 0.4) is 0 Å². The van der Waals surface area contributed by atoms with Crippen molar-refractivity contribution in [3.8, 4) is 0 Å². The zero-order chi connectivity index (χ0) is 18.1. The summed E-state index contributed by atoms with van der Waals surface area (Å²) in [5.74, 6) is -0.559. The number of rotatable bonds is 8. The van der Waals surface area contributed by atoms with Gasteiger partial charge in [0.1, 0.15) is 11.6 Å². The fourth-order valence-electron chi connectivity index (χ4n) is 3.09. The molecule has 0 aliphatic carbocycles. The van der Waals surface area contributed by atoms with Crippen LogP contribution in [0.25, 0.3) is 0 Å². The van der Waals surface area contributed by atoms with Gasteiger partial charge in [-0.2, -0.15) is 0 Å². The highest BCUT2D eigenvalue weighted by Crippen LogP contribution is 2.11. The number of carboxylic acids is 1. The molecule has 1 aliphatic rings. The molecule has 0 amide bonds. The van der Waals surface area contributed by atoms with Gasteiger partial charge in [-0.05, 0) is 13.3 Å². The highest BCUT2D eigenvalue weighted by Gasteiger charge is 2.25. The van der Waals surface area contributed by atoms with Crippen molar-refractivity contribution in [2.45, 2.75) is 39.7 Å². The maximum atomic E-state index is 11.9. The molecule has 1 heterocycles. The average molecular weight is 341 g/mol. The molecule has 1 aliphatic heterocycles. The number of aliphatic carboxylic acids is 1. The highest BCUT2D eigenvalue weighted by molar-refractivity contribution is 5.80. The number of ketones is 2. The van der Waals surface area contributed by atoms with Gasteiger partial charge in [0.05, 0.1) is 19.6 Å². The summed E-state index contributed by atoms with van der Waals surface area (Å²) in [6.45, 7) is 9.57. The maximum Gasteiger partial charge on any atom is 0.317 e. The zero-order valence-corrected chi connectivity index (χ0v) is 15.2. The SMILES string of the molecule is CCC(=O)CN1CCN(CC(=O)O)CCN(CC(C)=O)CC1CC. The molecule has 1 unspecified atom stereocenters. The van der Waals surface area contributed by atoms with Gasteiger partial charge in [0.25, 0.3) is 0 Å². The molecule has 0 aromatic carbocycles. The molecule has 7 nitrogen and oxygen atoms in total. The van der Waals surface area contributed by atoms with Gasteiger partial charge in [0.15, 0.2) is 0 Å². The van der Waals surface area contributed by atoms with Crippen molar-refractivity contribution in [1.29, 1.82) is 0 Å². The van der Waals surface area contributed by atoms with Crippen molar-refractivity contribution in [3.05, 3.63) is 0 Å². The molecule has 1 atom stereocenters. The summed E-state index contributed by atoms with van der Waals surface area (Å²) in [5, 5.41) is 9.08. The van der Waals surface area contributed by atoms with Crippen LogP contribution in [0.15, 0.2) is 0 Å². The minimum absolute atomic E-state index is 0.0136. The molecule has 1 fully saturated rings. The Labute approximate surface area is 144 Å².